The number of carbonyl (C=O) groups is 3. The maximum absolute atomic E-state index is 12.9. The second-order valence-corrected chi connectivity index (χ2v) is 9.72. The molecule has 33 heavy (non-hydrogen) atoms. The van der Waals surface area contributed by atoms with Gasteiger partial charge in [-0.15, -0.1) is 0 Å². The molecular weight excluding hydrogens is 448 g/mol. The number of sulfonamides is 1. The Balaban J connectivity index is 1.41. The van der Waals surface area contributed by atoms with E-state index < -0.39 is 10.0 Å². The second-order valence-electron chi connectivity index (χ2n) is 7.78. The summed E-state index contributed by atoms with van der Waals surface area (Å²) >= 11 is 0. The first-order valence-electron chi connectivity index (χ1n) is 10.7. The monoisotopic (exact) mass is 476 g/mol. The summed E-state index contributed by atoms with van der Waals surface area (Å²) in [4.78, 5) is 35.5. The summed E-state index contributed by atoms with van der Waals surface area (Å²) in [5, 5.41) is 8.07. The maximum atomic E-state index is 12.9. The summed E-state index contributed by atoms with van der Waals surface area (Å²) in [6.07, 6.45) is 2.48. The van der Waals surface area contributed by atoms with E-state index in [1.54, 1.807) is 24.3 Å². The number of nitrogens with one attached hydrogen (secondary N) is 3. The fourth-order valence-electron chi connectivity index (χ4n) is 3.55. The van der Waals surface area contributed by atoms with Crippen molar-refractivity contribution >= 4 is 33.4 Å². The average Bonchev–Trinajstić information content (AvgIpc) is 3.31. The molecule has 2 heterocycles. The first-order chi connectivity index (χ1) is 15.8. The number of anilines is 1. The van der Waals surface area contributed by atoms with Crippen LogP contribution in [-0.2, 0) is 31.0 Å². The van der Waals surface area contributed by atoms with Crippen LogP contribution in [0, 0.1) is 5.92 Å². The molecule has 1 saturated heterocycles. The van der Waals surface area contributed by atoms with Crippen LogP contribution in [0.1, 0.15) is 31.9 Å². The summed E-state index contributed by atoms with van der Waals surface area (Å²) in [6, 6.07) is 9.49. The van der Waals surface area contributed by atoms with Crippen LogP contribution in [-0.4, -0.2) is 50.1 Å². The molecule has 2 aromatic rings. The zero-order valence-electron chi connectivity index (χ0n) is 18.4. The number of carbonyl (C=O) groups excluding carboxylic acids is 3. The number of hydrogen-bond acceptors (Lipinski definition) is 6. The number of hydrogen-bond donors (Lipinski definition) is 3. The van der Waals surface area contributed by atoms with Gasteiger partial charge in [-0.05, 0) is 49.2 Å². The molecule has 1 aromatic carbocycles. The Morgan fingerprint density at radius 2 is 1.76 bits per heavy atom. The third kappa shape index (κ3) is 6.90. The summed E-state index contributed by atoms with van der Waals surface area (Å²) in [5.74, 6) is -0.259. The molecule has 1 fully saturated rings. The molecule has 0 saturated carbocycles. The van der Waals surface area contributed by atoms with Crippen LogP contribution in [0.5, 0.6) is 0 Å². The van der Waals surface area contributed by atoms with Crippen LogP contribution < -0.4 is 16.0 Å². The number of benzene rings is 1. The van der Waals surface area contributed by atoms with Gasteiger partial charge < -0.3 is 20.4 Å². The predicted molar refractivity (Wildman–Crippen MR) is 120 cm³/mol. The van der Waals surface area contributed by atoms with Crippen LogP contribution >= 0.6 is 0 Å². The summed E-state index contributed by atoms with van der Waals surface area (Å²) in [6.45, 7) is 2.35. The lowest BCUT2D eigenvalue weighted by Gasteiger charge is -2.30. The number of nitrogens with zero attached hydrogens (tertiary/aromatic N) is 1. The Bertz CT molecular complexity index is 1060. The predicted octanol–water partition coefficient (Wildman–Crippen LogP) is 1.46. The average molecular weight is 477 g/mol. The van der Waals surface area contributed by atoms with Crippen LogP contribution in [0.4, 0.5) is 5.69 Å². The van der Waals surface area contributed by atoms with Gasteiger partial charge in [-0.3, -0.25) is 14.4 Å². The van der Waals surface area contributed by atoms with Crippen molar-refractivity contribution in [2.75, 3.05) is 25.0 Å². The molecule has 0 aliphatic carbocycles. The minimum atomic E-state index is -3.68. The van der Waals surface area contributed by atoms with Gasteiger partial charge in [0, 0.05) is 44.6 Å². The van der Waals surface area contributed by atoms with E-state index in [0.717, 1.165) is 0 Å². The van der Waals surface area contributed by atoms with Crippen molar-refractivity contribution in [1.82, 2.24) is 14.9 Å². The molecule has 1 aromatic heterocycles. The van der Waals surface area contributed by atoms with Crippen LogP contribution in [0.3, 0.4) is 0 Å². The van der Waals surface area contributed by atoms with Gasteiger partial charge in [-0.1, -0.05) is 0 Å². The maximum Gasteiger partial charge on any atom is 0.243 e. The molecule has 3 rings (SSSR count). The van der Waals surface area contributed by atoms with E-state index in [1.165, 1.54) is 29.6 Å². The second kappa shape index (κ2) is 11.1. The lowest BCUT2D eigenvalue weighted by Crippen LogP contribution is -2.43. The first kappa shape index (κ1) is 24.5. The lowest BCUT2D eigenvalue weighted by molar-refractivity contribution is -0.126. The molecule has 178 valence electrons. The molecule has 3 amide bonds. The third-order valence-corrected chi connectivity index (χ3v) is 7.24. The molecule has 0 spiro atoms. The molecule has 1 aliphatic heterocycles. The highest BCUT2D eigenvalue weighted by Gasteiger charge is 2.32. The van der Waals surface area contributed by atoms with E-state index in [9.17, 15) is 22.8 Å². The number of amides is 3. The largest absolute Gasteiger partial charge is 0.467 e. The molecule has 0 atom stereocenters. The lowest BCUT2D eigenvalue weighted by atomic mass is 9.97. The van der Waals surface area contributed by atoms with Crippen molar-refractivity contribution in [3.63, 3.8) is 0 Å². The Hall–Kier alpha value is -3.18. The van der Waals surface area contributed by atoms with E-state index in [0.29, 0.717) is 30.8 Å². The molecule has 0 unspecified atom stereocenters. The smallest absolute Gasteiger partial charge is 0.243 e. The van der Waals surface area contributed by atoms with Crippen molar-refractivity contribution in [2.45, 2.75) is 37.6 Å². The minimum Gasteiger partial charge on any atom is -0.467 e. The number of rotatable bonds is 9. The van der Waals surface area contributed by atoms with Gasteiger partial charge >= 0.3 is 0 Å². The highest BCUT2D eigenvalue weighted by Crippen LogP contribution is 2.25. The SMILES string of the molecule is CC(=O)Nc1ccc(S(=O)(=O)N2CCC(C(=O)NCCC(=O)NCc3ccco3)CC2)cc1. The topological polar surface area (TPSA) is 138 Å². The van der Waals surface area contributed by atoms with Crippen LogP contribution in [0.15, 0.2) is 52.0 Å². The Morgan fingerprint density at radius 3 is 2.36 bits per heavy atom. The van der Waals surface area contributed by atoms with Crippen molar-refractivity contribution in [2.24, 2.45) is 5.92 Å². The standard InChI is InChI=1S/C22H28N4O6S/c1-16(27)25-18-4-6-20(7-5-18)33(30,31)26-12-9-17(10-13-26)22(29)23-11-8-21(28)24-15-19-3-2-14-32-19/h2-7,14,17H,8-13,15H2,1H3,(H,23,29)(H,24,28)(H,25,27). The molecule has 10 nitrogen and oxygen atoms in total. The van der Waals surface area contributed by atoms with Gasteiger partial charge in [0.1, 0.15) is 5.76 Å². The zero-order chi connectivity index (χ0) is 23.8. The number of piperidine rings is 1. The minimum absolute atomic E-state index is 0.139. The van der Waals surface area contributed by atoms with E-state index in [4.69, 9.17) is 4.42 Å². The summed E-state index contributed by atoms with van der Waals surface area (Å²) in [5.41, 5.74) is 0.520. The van der Waals surface area contributed by atoms with Crippen molar-refractivity contribution in [3.05, 3.63) is 48.4 Å². The molecule has 1 aliphatic rings. The van der Waals surface area contributed by atoms with E-state index >= 15 is 0 Å². The molecule has 0 bridgehead atoms. The molecule has 11 heteroatoms. The van der Waals surface area contributed by atoms with Gasteiger partial charge in [0.2, 0.25) is 27.7 Å². The first-order valence-corrected chi connectivity index (χ1v) is 12.1. The Morgan fingerprint density at radius 1 is 1.06 bits per heavy atom. The van der Waals surface area contributed by atoms with Crippen LogP contribution in [0.25, 0.3) is 0 Å². The van der Waals surface area contributed by atoms with E-state index in [2.05, 4.69) is 16.0 Å². The summed E-state index contributed by atoms with van der Waals surface area (Å²) < 4.78 is 32.3. The van der Waals surface area contributed by atoms with Crippen molar-refractivity contribution < 1.29 is 27.2 Å². The van der Waals surface area contributed by atoms with Gasteiger partial charge in [0.05, 0.1) is 17.7 Å². The van der Waals surface area contributed by atoms with E-state index in [-0.39, 0.29) is 54.6 Å². The van der Waals surface area contributed by atoms with Crippen molar-refractivity contribution in [3.8, 4) is 0 Å². The van der Waals surface area contributed by atoms with Gasteiger partial charge in [-0.25, -0.2) is 8.42 Å². The highest BCUT2D eigenvalue weighted by molar-refractivity contribution is 7.89. The molecular formula is C22H28N4O6S. The fraction of sp³-hybridized carbons (Fsp3) is 0.409. The highest BCUT2D eigenvalue weighted by atomic mass is 32.2. The summed E-state index contributed by atoms with van der Waals surface area (Å²) in [7, 11) is -3.68. The fourth-order valence-corrected chi connectivity index (χ4v) is 5.02. The normalized spacial score (nSPS) is 15.1. The van der Waals surface area contributed by atoms with Gasteiger partial charge in [0.15, 0.2) is 0 Å². The van der Waals surface area contributed by atoms with Crippen molar-refractivity contribution in [1.29, 1.82) is 0 Å². The quantitative estimate of drug-likeness (QED) is 0.501. The Labute approximate surface area is 192 Å². The van der Waals surface area contributed by atoms with Crippen LogP contribution in [0.2, 0.25) is 0 Å². The van der Waals surface area contributed by atoms with Gasteiger partial charge in [-0.2, -0.15) is 4.31 Å². The zero-order valence-corrected chi connectivity index (χ0v) is 19.2. The Kier molecular flexibility index (Phi) is 8.23. The van der Waals surface area contributed by atoms with Gasteiger partial charge in [0.25, 0.3) is 0 Å². The number of furan rings is 1. The van der Waals surface area contributed by atoms with E-state index in [1.807, 2.05) is 0 Å². The molecule has 0 radical (unpaired) electrons. The third-order valence-electron chi connectivity index (χ3n) is 5.33. The molecule has 3 N–H and O–H groups in total.